The van der Waals surface area contributed by atoms with E-state index in [4.69, 9.17) is 0 Å². The highest BCUT2D eigenvalue weighted by Gasteiger charge is 2.26. The van der Waals surface area contributed by atoms with Gasteiger partial charge >= 0.3 is 0 Å². The van der Waals surface area contributed by atoms with Gasteiger partial charge in [0.2, 0.25) is 10.0 Å². The fourth-order valence-electron chi connectivity index (χ4n) is 2.91. The van der Waals surface area contributed by atoms with E-state index in [9.17, 15) is 18.0 Å². The first-order valence-corrected chi connectivity index (χ1v) is 11.1. The second-order valence-corrected chi connectivity index (χ2v) is 9.26. The molecule has 2 aromatic carbocycles. The van der Waals surface area contributed by atoms with Crippen LogP contribution in [-0.2, 0) is 10.0 Å². The van der Waals surface area contributed by atoms with E-state index in [2.05, 4.69) is 26.8 Å². The van der Waals surface area contributed by atoms with Crippen LogP contribution < -0.4 is 10.9 Å². The highest BCUT2D eigenvalue weighted by atomic mass is 79.9. The molecule has 9 heteroatoms. The van der Waals surface area contributed by atoms with Gasteiger partial charge in [0.25, 0.3) is 11.8 Å². The molecule has 1 saturated heterocycles. The number of piperidine rings is 1. The molecule has 0 radical (unpaired) electrons. The lowest BCUT2D eigenvalue weighted by Crippen LogP contribution is -2.41. The molecule has 3 rings (SSSR count). The Labute approximate surface area is 172 Å². The van der Waals surface area contributed by atoms with Crippen LogP contribution in [0.4, 0.5) is 0 Å². The van der Waals surface area contributed by atoms with Crippen molar-refractivity contribution in [3.05, 3.63) is 64.1 Å². The molecule has 148 valence electrons. The molecule has 28 heavy (non-hydrogen) atoms. The van der Waals surface area contributed by atoms with Crippen LogP contribution in [0.25, 0.3) is 0 Å². The Bertz CT molecular complexity index is 971. The molecule has 1 aliphatic rings. The first-order chi connectivity index (χ1) is 13.4. The molecule has 0 spiro atoms. The van der Waals surface area contributed by atoms with Crippen molar-refractivity contribution in [3.63, 3.8) is 0 Å². The number of hydrogen-bond donors (Lipinski definition) is 2. The highest BCUT2D eigenvalue weighted by molar-refractivity contribution is 9.10. The van der Waals surface area contributed by atoms with E-state index in [0.29, 0.717) is 18.7 Å². The number of hydrogen-bond acceptors (Lipinski definition) is 4. The summed E-state index contributed by atoms with van der Waals surface area (Å²) in [5, 5.41) is 0. The Balaban J connectivity index is 1.68. The summed E-state index contributed by atoms with van der Waals surface area (Å²) in [4.78, 5) is 24.5. The topological polar surface area (TPSA) is 95.6 Å². The third-order valence-corrected chi connectivity index (χ3v) is 6.87. The lowest BCUT2D eigenvalue weighted by atomic mass is 10.2. The average Bonchev–Trinajstić information content (AvgIpc) is 2.73. The van der Waals surface area contributed by atoms with Gasteiger partial charge in [-0.15, -0.1) is 0 Å². The largest absolute Gasteiger partial charge is 0.269 e. The van der Waals surface area contributed by atoms with Crippen LogP contribution in [0.3, 0.4) is 0 Å². The third-order valence-electron chi connectivity index (χ3n) is 4.45. The van der Waals surface area contributed by atoms with E-state index in [1.165, 1.54) is 28.6 Å². The zero-order chi connectivity index (χ0) is 20.1. The van der Waals surface area contributed by atoms with E-state index in [0.717, 1.165) is 23.7 Å². The van der Waals surface area contributed by atoms with Gasteiger partial charge in [0, 0.05) is 28.7 Å². The SMILES string of the molecule is O=C(NNC(=O)c1cccc(S(=O)(=O)N2CCCCC2)c1)c1ccc(Br)cc1. The Morgan fingerprint density at radius 1 is 0.857 bits per heavy atom. The number of sulfonamides is 1. The third kappa shape index (κ3) is 4.78. The van der Waals surface area contributed by atoms with Crippen molar-refractivity contribution in [2.75, 3.05) is 13.1 Å². The molecule has 0 atom stereocenters. The van der Waals surface area contributed by atoms with Crippen molar-refractivity contribution < 1.29 is 18.0 Å². The van der Waals surface area contributed by atoms with Crippen LogP contribution in [0.15, 0.2) is 57.9 Å². The molecule has 2 aromatic rings. The summed E-state index contributed by atoms with van der Waals surface area (Å²) in [7, 11) is -3.63. The number of carbonyl (C=O) groups excluding carboxylic acids is 2. The summed E-state index contributed by atoms with van der Waals surface area (Å²) < 4.78 is 27.8. The maximum atomic E-state index is 12.8. The summed E-state index contributed by atoms with van der Waals surface area (Å²) in [6.07, 6.45) is 2.69. The minimum absolute atomic E-state index is 0.0706. The smallest absolute Gasteiger partial charge is 0.267 e. The summed E-state index contributed by atoms with van der Waals surface area (Å²) >= 11 is 3.28. The number of benzene rings is 2. The normalized spacial score (nSPS) is 15.0. The predicted molar refractivity (Wildman–Crippen MR) is 108 cm³/mol. The predicted octanol–water partition coefficient (Wildman–Crippen LogP) is 2.70. The van der Waals surface area contributed by atoms with Gasteiger partial charge in [-0.25, -0.2) is 8.42 Å². The molecular weight excluding hydrogens is 446 g/mol. The second kappa shape index (κ2) is 8.85. The molecule has 0 saturated carbocycles. The first kappa shape index (κ1) is 20.5. The minimum atomic E-state index is -3.63. The van der Waals surface area contributed by atoms with E-state index < -0.39 is 21.8 Å². The van der Waals surface area contributed by atoms with Crippen molar-refractivity contribution in [1.82, 2.24) is 15.2 Å². The standard InChI is InChI=1S/C19H20BrN3O4S/c20-16-9-7-14(8-10-16)18(24)21-22-19(25)15-5-4-6-17(13-15)28(26,27)23-11-2-1-3-12-23/h4-10,13H,1-3,11-12H2,(H,21,24)(H,22,25). The summed E-state index contributed by atoms with van der Waals surface area (Å²) in [6.45, 7) is 0.976. The molecule has 7 nitrogen and oxygen atoms in total. The van der Waals surface area contributed by atoms with Gasteiger partial charge in [-0.1, -0.05) is 28.4 Å². The highest BCUT2D eigenvalue weighted by Crippen LogP contribution is 2.21. The number of halogens is 1. The second-order valence-electron chi connectivity index (χ2n) is 6.41. The van der Waals surface area contributed by atoms with Gasteiger partial charge in [-0.2, -0.15) is 4.31 Å². The molecule has 0 bridgehead atoms. The molecule has 0 aliphatic carbocycles. The number of amides is 2. The van der Waals surface area contributed by atoms with Crippen molar-refractivity contribution in [1.29, 1.82) is 0 Å². The molecule has 1 heterocycles. The fraction of sp³-hybridized carbons (Fsp3) is 0.263. The summed E-state index contributed by atoms with van der Waals surface area (Å²) in [6, 6.07) is 12.5. The summed E-state index contributed by atoms with van der Waals surface area (Å²) in [5.74, 6) is -1.07. The van der Waals surface area contributed by atoms with Crippen LogP contribution in [0.1, 0.15) is 40.0 Å². The average molecular weight is 466 g/mol. The Hall–Kier alpha value is -2.23. The van der Waals surface area contributed by atoms with Crippen LogP contribution in [-0.4, -0.2) is 37.6 Å². The molecular formula is C19H20BrN3O4S. The van der Waals surface area contributed by atoms with Gasteiger partial charge in [-0.05, 0) is 55.3 Å². The van der Waals surface area contributed by atoms with Gasteiger partial charge < -0.3 is 0 Å². The minimum Gasteiger partial charge on any atom is -0.267 e. The lowest BCUT2D eigenvalue weighted by Gasteiger charge is -2.26. The van der Waals surface area contributed by atoms with E-state index in [1.807, 2.05) is 0 Å². The van der Waals surface area contributed by atoms with Crippen LogP contribution >= 0.6 is 15.9 Å². The van der Waals surface area contributed by atoms with Crippen molar-refractivity contribution in [3.8, 4) is 0 Å². The Morgan fingerprint density at radius 3 is 2.11 bits per heavy atom. The Morgan fingerprint density at radius 2 is 1.46 bits per heavy atom. The zero-order valence-electron chi connectivity index (χ0n) is 15.0. The number of hydrazine groups is 1. The molecule has 2 amide bonds. The van der Waals surface area contributed by atoms with Crippen LogP contribution in [0, 0.1) is 0 Å². The van der Waals surface area contributed by atoms with Crippen LogP contribution in [0.5, 0.6) is 0 Å². The number of carbonyl (C=O) groups is 2. The number of rotatable bonds is 4. The monoisotopic (exact) mass is 465 g/mol. The molecule has 2 N–H and O–H groups in total. The number of nitrogens with one attached hydrogen (secondary N) is 2. The van der Waals surface area contributed by atoms with E-state index >= 15 is 0 Å². The summed E-state index contributed by atoms with van der Waals surface area (Å²) in [5.41, 5.74) is 5.16. The first-order valence-electron chi connectivity index (χ1n) is 8.84. The molecule has 0 aromatic heterocycles. The fourth-order valence-corrected chi connectivity index (χ4v) is 4.74. The number of nitrogens with zero attached hydrogens (tertiary/aromatic N) is 1. The van der Waals surface area contributed by atoms with Crippen molar-refractivity contribution in [2.45, 2.75) is 24.2 Å². The Kier molecular flexibility index (Phi) is 6.48. The van der Waals surface area contributed by atoms with Crippen LogP contribution in [0.2, 0.25) is 0 Å². The van der Waals surface area contributed by atoms with Gasteiger partial charge in [-0.3, -0.25) is 20.4 Å². The lowest BCUT2D eigenvalue weighted by molar-refractivity contribution is 0.0846. The van der Waals surface area contributed by atoms with E-state index in [1.54, 1.807) is 24.3 Å². The van der Waals surface area contributed by atoms with E-state index in [-0.39, 0.29) is 10.5 Å². The van der Waals surface area contributed by atoms with Crippen molar-refractivity contribution >= 4 is 37.8 Å². The van der Waals surface area contributed by atoms with Crippen molar-refractivity contribution in [2.24, 2.45) is 0 Å². The molecule has 1 fully saturated rings. The maximum Gasteiger partial charge on any atom is 0.269 e. The van der Waals surface area contributed by atoms with Gasteiger partial charge in [0.05, 0.1) is 4.90 Å². The zero-order valence-corrected chi connectivity index (χ0v) is 17.4. The quantitative estimate of drug-likeness (QED) is 0.678. The maximum absolute atomic E-state index is 12.8. The van der Waals surface area contributed by atoms with Gasteiger partial charge in [0.1, 0.15) is 0 Å². The van der Waals surface area contributed by atoms with Gasteiger partial charge in [0.15, 0.2) is 0 Å². The molecule has 0 unspecified atom stereocenters. The molecule has 1 aliphatic heterocycles.